The minimum absolute atomic E-state index is 0.266. The van der Waals surface area contributed by atoms with Gasteiger partial charge in [-0.15, -0.1) is 0 Å². The van der Waals surface area contributed by atoms with Crippen LogP contribution < -0.4 is 14.2 Å². The van der Waals surface area contributed by atoms with Gasteiger partial charge in [-0.05, 0) is 112 Å². The highest BCUT2D eigenvalue weighted by atomic mass is 16.7. The first kappa shape index (κ1) is 60.9. The summed E-state index contributed by atoms with van der Waals surface area (Å²) in [5.74, 6) is 1.14. The Morgan fingerprint density at radius 1 is 0.361 bits per heavy atom. The Morgan fingerprint density at radius 3 is 0.917 bits per heavy atom. The van der Waals surface area contributed by atoms with Gasteiger partial charge in [0.05, 0.1) is 63.0 Å². The molecule has 0 amide bonds. The summed E-state index contributed by atoms with van der Waals surface area (Å²) < 4.78 is 51.4. The number of benzene rings is 3. The van der Waals surface area contributed by atoms with Crippen LogP contribution in [-0.4, -0.2) is 90.3 Å². The fourth-order valence-corrected chi connectivity index (χ4v) is 7.60. The lowest BCUT2D eigenvalue weighted by Gasteiger charge is -2.19. The van der Waals surface area contributed by atoms with E-state index in [1.807, 2.05) is 72.8 Å². The minimum Gasteiger partial charge on any atom is -0.494 e. The lowest BCUT2D eigenvalue weighted by Crippen LogP contribution is -2.21. The van der Waals surface area contributed by atoms with E-state index in [4.69, 9.17) is 42.6 Å². The van der Waals surface area contributed by atoms with Crippen molar-refractivity contribution in [1.29, 1.82) is 0 Å². The summed E-state index contributed by atoms with van der Waals surface area (Å²) in [5, 5.41) is 0. The van der Waals surface area contributed by atoms with Gasteiger partial charge >= 0.3 is 17.9 Å². The molecule has 398 valence electrons. The molecule has 0 bridgehead atoms. The van der Waals surface area contributed by atoms with Gasteiger partial charge in [-0.25, -0.2) is 14.4 Å². The molecule has 0 aliphatic rings. The molecular formula is C60H86O12. The van der Waals surface area contributed by atoms with Gasteiger partial charge in [0.2, 0.25) is 0 Å². The summed E-state index contributed by atoms with van der Waals surface area (Å²) in [5.41, 5.74) is 3.24. The van der Waals surface area contributed by atoms with Gasteiger partial charge in [-0.2, -0.15) is 0 Å². The zero-order valence-corrected chi connectivity index (χ0v) is 44.0. The first-order chi connectivity index (χ1) is 35.2. The second-order valence-electron chi connectivity index (χ2n) is 17.7. The van der Waals surface area contributed by atoms with Crippen molar-refractivity contribution < 1.29 is 57.0 Å². The van der Waals surface area contributed by atoms with Crippen molar-refractivity contribution in [3.05, 3.63) is 109 Å². The zero-order chi connectivity index (χ0) is 51.9. The molecule has 72 heavy (non-hydrogen) atoms. The Balaban J connectivity index is 1.24. The van der Waals surface area contributed by atoms with Gasteiger partial charge < -0.3 is 42.6 Å². The van der Waals surface area contributed by atoms with Crippen molar-refractivity contribution >= 4 is 34.6 Å². The number of hydrogen-bond donors (Lipinski definition) is 0. The molecule has 0 unspecified atom stereocenters. The first-order valence-electron chi connectivity index (χ1n) is 26.7. The number of rotatable bonds is 44. The molecule has 12 nitrogen and oxygen atoms in total. The molecule has 0 radical (unpaired) electrons. The molecule has 0 saturated heterocycles. The lowest BCUT2D eigenvalue weighted by molar-refractivity contribution is -0.154. The van der Waals surface area contributed by atoms with E-state index in [0.29, 0.717) is 82.6 Å². The summed E-state index contributed by atoms with van der Waals surface area (Å²) in [6.45, 7) is 22.5. The van der Waals surface area contributed by atoms with E-state index >= 15 is 0 Å². The van der Waals surface area contributed by atoms with Crippen LogP contribution >= 0.6 is 0 Å². The lowest BCUT2D eigenvalue weighted by atomic mass is 10.1. The Bertz CT molecular complexity index is 1860. The number of carbonyl (C=O) groups is 3. The number of esters is 3. The molecule has 3 aromatic carbocycles. The van der Waals surface area contributed by atoms with Crippen molar-refractivity contribution in [2.75, 3.05) is 66.1 Å². The number of hydrogen-bond acceptors (Lipinski definition) is 12. The maximum atomic E-state index is 11.9. The van der Waals surface area contributed by atoms with Crippen LogP contribution in [0.3, 0.4) is 0 Å². The fourth-order valence-electron chi connectivity index (χ4n) is 7.60. The molecule has 0 N–H and O–H groups in total. The summed E-state index contributed by atoms with van der Waals surface area (Å²) in [7, 11) is 0. The van der Waals surface area contributed by atoms with Crippen LogP contribution in [0.4, 0.5) is 0 Å². The van der Waals surface area contributed by atoms with E-state index in [-0.39, 0.29) is 6.29 Å². The van der Waals surface area contributed by atoms with E-state index in [2.05, 4.69) is 19.7 Å². The third kappa shape index (κ3) is 26.9. The van der Waals surface area contributed by atoms with Crippen LogP contribution in [0.15, 0.2) is 92.5 Å². The molecule has 0 aliphatic heterocycles. The predicted molar refractivity (Wildman–Crippen MR) is 287 cm³/mol. The SMILES string of the molecule is C=C(C(=O)OCC)c1ccc(OCCCCCCCCOCCC(OCCCCCCCCOc2ccc(C(=C)C(=O)OCC)cc2)OCCCCCCCCOc2ccc(C(=C)C(=O)OCC)cc2)cc1. The second kappa shape index (κ2) is 39.1. The van der Waals surface area contributed by atoms with Crippen LogP contribution in [0.1, 0.15) is 159 Å². The van der Waals surface area contributed by atoms with Crippen LogP contribution in [0.2, 0.25) is 0 Å². The number of carbonyl (C=O) groups excluding carboxylic acids is 3. The average Bonchev–Trinajstić information content (AvgIpc) is 3.39. The van der Waals surface area contributed by atoms with E-state index in [1.54, 1.807) is 20.8 Å². The topological polar surface area (TPSA) is 134 Å². The van der Waals surface area contributed by atoms with Crippen LogP contribution in [-0.2, 0) is 42.8 Å². The quantitative estimate of drug-likeness (QED) is 0.0175. The molecule has 0 aliphatic carbocycles. The third-order valence-electron chi connectivity index (χ3n) is 11.8. The van der Waals surface area contributed by atoms with E-state index in [9.17, 15) is 14.4 Å². The third-order valence-corrected chi connectivity index (χ3v) is 11.8. The molecule has 3 rings (SSSR count). The molecule has 0 heterocycles. The molecular weight excluding hydrogens is 913 g/mol. The van der Waals surface area contributed by atoms with Gasteiger partial charge in [-0.3, -0.25) is 0 Å². The summed E-state index contributed by atoms with van der Waals surface area (Å²) in [6, 6.07) is 22.2. The minimum atomic E-state index is -0.402. The largest absolute Gasteiger partial charge is 0.494 e. The highest BCUT2D eigenvalue weighted by molar-refractivity contribution is 6.16. The van der Waals surface area contributed by atoms with Crippen LogP contribution in [0.25, 0.3) is 16.7 Å². The van der Waals surface area contributed by atoms with Crippen molar-refractivity contribution in [3.8, 4) is 17.2 Å². The van der Waals surface area contributed by atoms with Crippen molar-refractivity contribution in [2.24, 2.45) is 0 Å². The Morgan fingerprint density at radius 2 is 0.625 bits per heavy atom. The standard InChI is InChI=1S/C60H86O12/c1-7-65-58(61)48(4)51-28-34-54(35-29-51)68-42-23-17-11-10-16-22-41-64-47-40-57(71-45-26-20-14-12-18-24-43-69-55-36-30-52(31-37-55)49(5)59(62)66-8-2)72-46-27-21-15-13-19-25-44-70-56-38-32-53(33-39-56)50(6)60(63)67-9-3/h28-39,57H,4-27,40-47H2,1-3H3. The molecule has 0 saturated carbocycles. The number of ether oxygens (including phenoxy) is 9. The monoisotopic (exact) mass is 999 g/mol. The first-order valence-corrected chi connectivity index (χ1v) is 26.7. The van der Waals surface area contributed by atoms with Gasteiger partial charge in [0.1, 0.15) is 17.2 Å². The van der Waals surface area contributed by atoms with Crippen molar-refractivity contribution in [1.82, 2.24) is 0 Å². The van der Waals surface area contributed by atoms with Gasteiger partial charge in [0.15, 0.2) is 6.29 Å². The molecule has 0 fully saturated rings. The smallest absolute Gasteiger partial charge is 0.338 e. The van der Waals surface area contributed by atoms with E-state index in [0.717, 1.165) is 150 Å². The summed E-state index contributed by atoms with van der Waals surface area (Å²) in [6.07, 6.45) is 20.0. The Labute approximate surface area is 431 Å². The molecule has 0 atom stereocenters. The van der Waals surface area contributed by atoms with Gasteiger partial charge in [0, 0.05) is 26.2 Å². The maximum absolute atomic E-state index is 11.9. The second-order valence-corrected chi connectivity index (χ2v) is 17.7. The van der Waals surface area contributed by atoms with Crippen molar-refractivity contribution in [3.63, 3.8) is 0 Å². The molecule has 0 spiro atoms. The number of unbranched alkanes of at least 4 members (excludes halogenated alkanes) is 15. The molecule has 0 aromatic heterocycles. The van der Waals surface area contributed by atoms with Crippen molar-refractivity contribution in [2.45, 2.75) is 149 Å². The fraction of sp³-hybridized carbons (Fsp3) is 0.550. The van der Waals surface area contributed by atoms with Gasteiger partial charge in [-0.1, -0.05) is 133 Å². The molecule has 3 aromatic rings. The van der Waals surface area contributed by atoms with Crippen LogP contribution in [0, 0.1) is 0 Å². The van der Waals surface area contributed by atoms with Gasteiger partial charge in [0.25, 0.3) is 0 Å². The zero-order valence-electron chi connectivity index (χ0n) is 44.0. The predicted octanol–water partition coefficient (Wildman–Crippen LogP) is 13.7. The summed E-state index contributed by atoms with van der Waals surface area (Å²) >= 11 is 0. The normalized spacial score (nSPS) is 11.0. The van der Waals surface area contributed by atoms with E-state index in [1.165, 1.54) is 6.42 Å². The summed E-state index contributed by atoms with van der Waals surface area (Å²) in [4.78, 5) is 35.8. The molecule has 12 heteroatoms. The average molecular weight is 999 g/mol. The highest BCUT2D eigenvalue weighted by Crippen LogP contribution is 2.22. The van der Waals surface area contributed by atoms with Crippen LogP contribution in [0.5, 0.6) is 17.2 Å². The maximum Gasteiger partial charge on any atom is 0.338 e. The Kier molecular flexibility index (Phi) is 33.1. The van der Waals surface area contributed by atoms with E-state index < -0.39 is 17.9 Å². The Hall–Kier alpha value is -5.43. The highest BCUT2D eigenvalue weighted by Gasteiger charge is 2.14.